The standard InChI is InChI=1S/C15H22N4O2/c1-16-11-14(20)17-13-5-3-12(4-6-13)15(21)19-9-7-18(2)8-10-19/h3-6,16H,7-11H2,1-2H3,(H,17,20). The molecule has 0 radical (unpaired) electrons. The Labute approximate surface area is 125 Å². The second-order valence-corrected chi connectivity index (χ2v) is 5.25. The van der Waals surface area contributed by atoms with Crippen molar-refractivity contribution in [2.45, 2.75) is 0 Å². The van der Waals surface area contributed by atoms with Crippen LogP contribution in [0.3, 0.4) is 0 Å². The Kier molecular flexibility index (Phi) is 5.30. The molecule has 6 nitrogen and oxygen atoms in total. The summed E-state index contributed by atoms with van der Waals surface area (Å²) < 4.78 is 0. The van der Waals surface area contributed by atoms with Crippen molar-refractivity contribution in [2.75, 3.05) is 52.1 Å². The molecule has 0 atom stereocenters. The van der Waals surface area contributed by atoms with Gasteiger partial charge in [0.1, 0.15) is 0 Å². The van der Waals surface area contributed by atoms with Gasteiger partial charge in [0.2, 0.25) is 5.91 Å². The van der Waals surface area contributed by atoms with E-state index in [1.165, 1.54) is 0 Å². The predicted octanol–water partition coefficient (Wildman–Crippen LogP) is 0.232. The van der Waals surface area contributed by atoms with Gasteiger partial charge in [-0.05, 0) is 38.4 Å². The first-order valence-corrected chi connectivity index (χ1v) is 7.12. The Hall–Kier alpha value is -1.92. The van der Waals surface area contributed by atoms with Crippen LogP contribution < -0.4 is 10.6 Å². The second kappa shape index (κ2) is 7.19. The Balaban J connectivity index is 1.95. The van der Waals surface area contributed by atoms with Crippen molar-refractivity contribution in [3.05, 3.63) is 29.8 Å². The fraction of sp³-hybridized carbons (Fsp3) is 0.467. The topological polar surface area (TPSA) is 64.7 Å². The SMILES string of the molecule is CNCC(=O)Nc1ccc(C(=O)N2CCN(C)CC2)cc1. The van der Waals surface area contributed by atoms with Gasteiger partial charge in [0.25, 0.3) is 5.91 Å². The monoisotopic (exact) mass is 290 g/mol. The van der Waals surface area contributed by atoms with Crippen LogP contribution in [0.5, 0.6) is 0 Å². The lowest BCUT2D eigenvalue weighted by atomic mass is 10.1. The molecule has 1 aromatic rings. The molecule has 0 bridgehead atoms. The summed E-state index contributed by atoms with van der Waals surface area (Å²) in [5.74, 6) is -0.0492. The summed E-state index contributed by atoms with van der Waals surface area (Å²) >= 11 is 0. The average molecular weight is 290 g/mol. The average Bonchev–Trinajstić information content (AvgIpc) is 2.48. The number of hydrogen-bond donors (Lipinski definition) is 2. The maximum absolute atomic E-state index is 12.4. The molecule has 1 saturated heterocycles. The Morgan fingerprint density at radius 3 is 2.29 bits per heavy atom. The minimum absolute atomic E-state index is 0.0520. The minimum atomic E-state index is -0.101. The molecule has 2 amide bonds. The lowest BCUT2D eigenvalue weighted by Crippen LogP contribution is -2.47. The van der Waals surface area contributed by atoms with Crippen LogP contribution in [0.15, 0.2) is 24.3 Å². The molecule has 114 valence electrons. The number of likely N-dealkylation sites (N-methyl/N-ethyl adjacent to an activating group) is 2. The van der Waals surface area contributed by atoms with Crippen molar-refractivity contribution in [3.63, 3.8) is 0 Å². The largest absolute Gasteiger partial charge is 0.336 e. The number of piperazine rings is 1. The van der Waals surface area contributed by atoms with E-state index in [4.69, 9.17) is 0 Å². The van der Waals surface area contributed by atoms with Crippen molar-refractivity contribution < 1.29 is 9.59 Å². The van der Waals surface area contributed by atoms with Gasteiger partial charge < -0.3 is 20.4 Å². The zero-order valence-electron chi connectivity index (χ0n) is 12.6. The van der Waals surface area contributed by atoms with Gasteiger partial charge in [-0.15, -0.1) is 0 Å². The molecule has 0 aliphatic carbocycles. The van der Waals surface area contributed by atoms with Crippen LogP contribution in [0.25, 0.3) is 0 Å². The van der Waals surface area contributed by atoms with Crippen LogP contribution in [-0.2, 0) is 4.79 Å². The Morgan fingerprint density at radius 1 is 1.10 bits per heavy atom. The number of carbonyl (C=O) groups excluding carboxylic acids is 2. The molecule has 0 saturated carbocycles. The first-order valence-electron chi connectivity index (χ1n) is 7.12. The molecule has 2 N–H and O–H groups in total. The number of carbonyl (C=O) groups is 2. The van der Waals surface area contributed by atoms with Crippen molar-refractivity contribution in [2.24, 2.45) is 0 Å². The summed E-state index contributed by atoms with van der Waals surface area (Å²) in [7, 11) is 3.78. The fourth-order valence-corrected chi connectivity index (χ4v) is 2.25. The third kappa shape index (κ3) is 4.27. The zero-order valence-corrected chi connectivity index (χ0v) is 12.6. The molecule has 1 aliphatic rings. The van der Waals surface area contributed by atoms with Gasteiger partial charge in [-0.2, -0.15) is 0 Å². The van der Waals surface area contributed by atoms with Crippen LogP contribution >= 0.6 is 0 Å². The molecule has 1 heterocycles. The van der Waals surface area contributed by atoms with Crippen LogP contribution in [0.2, 0.25) is 0 Å². The van der Waals surface area contributed by atoms with E-state index in [9.17, 15) is 9.59 Å². The van der Waals surface area contributed by atoms with Gasteiger partial charge in [0.05, 0.1) is 6.54 Å². The summed E-state index contributed by atoms with van der Waals surface area (Å²) in [6.45, 7) is 3.60. The maximum atomic E-state index is 12.4. The fourth-order valence-electron chi connectivity index (χ4n) is 2.25. The van der Waals surface area contributed by atoms with E-state index in [-0.39, 0.29) is 18.4 Å². The summed E-state index contributed by atoms with van der Waals surface area (Å²) in [6, 6.07) is 7.04. The van der Waals surface area contributed by atoms with E-state index < -0.39 is 0 Å². The predicted molar refractivity (Wildman–Crippen MR) is 82.4 cm³/mol. The number of benzene rings is 1. The summed E-state index contributed by atoms with van der Waals surface area (Å²) in [5, 5.41) is 5.55. The first kappa shape index (κ1) is 15.5. The van der Waals surface area contributed by atoms with Gasteiger partial charge in [-0.25, -0.2) is 0 Å². The molecule has 0 unspecified atom stereocenters. The number of amides is 2. The quantitative estimate of drug-likeness (QED) is 0.833. The van der Waals surface area contributed by atoms with E-state index in [2.05, 4.69) is 22.6 Å². The lowest BCUT2D eigenvalue weighted by Gasteiger charge is -2.32. The maximum Gasteiger partial charge on any atom is 0.253 e. The summed E-state index contributed by atoms with van der Waals surface area (Å²) in [5.41, 5.74) is 1.36. The van der Waals surface area contributed by atoms with Crippen molar-refractivity contribution in [1.29, 1.82) is 0 Å². The molecule has 1 fully saturated rings. The van der Waals surface area contributed by atoms with Crippen LogP contribution in [0.1, 0.15) is 10.4 Å². The lowest BCUT2D eigenvalue weighted by molar-refractivity contribution is -0.115. The molecular formula is C15H22N4O2. The highest BCUT2D eigenvalue weighted by atomic mass is 16.2. The highest BCUT2D eigenvalue weighted by Gasteiger charge is 2.20. The highest BCUT2D eigenvalue weighted by molar-refractivity contribution is 5.96. The number of anilines is 1. The molecule has 0 spiro atoms. The van der Waals surface area contributed by atoms with Crippen molar-refractivity contribution >= 4 is 17.5 Å². The van der Waals surface area contributed by atoms with Crippen molar-refractivity contribution in [3.8, 4) is 0 Å². The first-order chi connectivity index (χ1) is 10.1. The van der Waals surface area contributed by atoms with Crippen LogP contribution in [0.4, 0.5) is 5.69 Å². The van der Waals surface area contributed by atoms with E-state index in [0.717, 1.165) is 26.2 Å². The van der Waals surface area contributed by atoms with Gasteiger partial charge in [0.15, 0.2) is 0 Å². The second-order valence-electron chi connectivity index (χ2n) is 5.25. The Morgan fingerprint density at radius 2 is 1.71 bits per heavy atom. The molecule has 6 heteroatoms. The van der Waals surface area contributed by atoms with Gasteiger partial charge in [-0.3, -0.25) is 9.59 Å². The zero-order chi connectivity index (χ0) is 15.2. The Bertz CT molecular complexity index is 493. The van der Waals surface area contributed by atoms with Crippen LogP contribution in [-0.4, -0.2) is 68.4 Å². The summed E-state index contributed by atoms with van der Waals surface area (Å²) in [4.78, 5) is 27.9. The number of nitrogens with zero attached hydrogens (tertiary/aromatic N) is 2. The molecular weight excluding hydrogens is 268 g/mol. The van der Waals surface area contributed by atoms with Gasteiger partial charge in [0, 0.05) is 37.4 Å². The molecule has 0 aromatic heterocycles. The normalized spacial score (nSPS) is 15.8. The van der Waals surface area contributed by atoms with Crippen molar-refractivity contribution in [1.82, 2.24) is 15.1 Å². The number of nitrogens with one attached hydrogen (secondary N) is 2. The highest BCUT2D eigenvalue weighted by Crippen LogP contribution is 2.12. The number of hydrogen-bond acceptors (Lipinski definition) is 4. The summed E-state index contributed by atoms with van der Waals surface area (Å²) in [6.07, 6.45) is 0. The minimum Gasteiger partial charge on any atom is -0.336 e. The number of rotatable bonds is 4. The third-order valence-corrected chi connectivity index (χ3v) is 3.54. The van der Waals surface area contributed by atoms with Gasteiger partial charge >= 0.3 is 0 Å². The van der Waals surface area contributed by atoms with E-state index in [1.807, 2.05) is 4.90 Å². The smallest absolute Gasteiger partial charge is 0.253 e. The molecule has 1 aromatic carbocycles. The molecule has 2 rings (SSSR count). The third-order valence-electron chi connectivity index (χ3n) is 3.54. The van der Waals surface area contributed by atoms with E-state index in [0.29, 0.717) is 11.3 Å². The van der Waals surface area contributed by atoms with E-state index in [1.54, 1.807) is 31.3 Å². The van der Waals surface area contributed by atoms with E-state index >= 15 is 0 Å². The molecule has 21 heavy (non-hydrogen) atoms. The molecule has 1 aliphatic heterocycles. The van der Waals surface area contributed by atoms with Crippen LogP contribution in [0, 0.1) is 0 Å². The van der Waals surface area contributed by atoms with Gasteiger partial charge in [-0.1, -0.05) is 0 Å².